The van der Waals surface area contributed by atoms with Gasteiger partial charge in [-0.3, -0.25) is 10.1 Å². The summed E-state index contributed by atoms with van der Waals surface area (Å²) in [7, 11) is 0. The van der Waals surface area contributed by atoms with Crippen LogP contribution in [-0.2, 0) is 4.79 Å². The molecule has 1 fully saturated rings. The topological polar surface area (TPSA) is 66.9 Å². The number of amides is 1. The maximum atomic E-state index is 11.8. The average Bonchev–Trinajstić information content (AvgIpc) is 2.68. The van der Waals surface area contributed by atoms with Gasteiger partial charge < -0.3 is 5.32 Å². The molecule has 1 amide bonds. The maximum Gasteiger partial charge on any atom is 0.231 e. The van der Waals surface area contributed by atoms with Gasteiger partial charge >= 0.3 is 0 Å². The summed E-state index contributed by atoms with van der Waals surface area (Å²) in [6, 6.07) is 1.65. The first kappa shape index (κ1) is 11.3. The van der Waals surface area contributed by atoms with E-state index in [-0.39, 0.29) is 17.8 Å². The number of aromatic nitrogens is 2. The third-order valence-corrected chi connectivity index (χ3v) is 2.68. The molecule has 6 heteroatoms. The molecule has 2 N–H and O–H groups in total. The second-order valence-corrected chi connectivity index (χ2v) is 4.22. The van der Waals surface area contributed by atoms with Crippen molar-refractivity contribution >= 4 is 23.5 Å². The van der Waals surface area contributed by atoms with Crippen molar-refractivity contribution in [2.24, 2.45) is 5.92 Å². The average molecular weight is 241 g/mol. The van der Waals surface area contributed by atoms with Gasteiger partial charge in [0.2, 0.25) is 11.9 Å². The Balaban J connectivity index is 2.05. The van der Waals surface area contributed by atoms with Crippen molar-refractivity contribution in [3.8, 4) is 0 Å². The summed E-state index contributed by atoms with van der Waals surface area (Å²) >= 11 is 5.78. The van der Waals surface area contributed by atoms with Crippen molar-refractivity contribution in [1.29, 1.82) is 0 Å². The first-order valence-corrected chi connectivity index (χ1v) is 5.56. The van der Waals surface area contributed by atoms with Gasteiger partial charge in [-0.1, -0.05) is 11.6 Å². The third-order valence-electron chi connectivity index (χ3n) is 2.49. The van der Waals surface area contributed by atoms with Gasteiger partial charge in [-0.15, -0.1) is 0 Å². The molecule has 0 spiro atoms. The predicted molar refractivity (Wildman–Crippen MR) is 61.4 cm³/mol. The van der Waals surface area contributed by atoms with Gasteiger partial charge in [0.15, 0.2) is 0 Å². The predicted octanol–water partition coefficient (Wildman–Crippen LogP) is 0.986. The molecule has 1 aliphatic heterocycles. The van der Waals surface area contributed by atoms with Gasteiger partial charge in [0.05, 0.1) is 5.92 Å². The lowest BCUT2D eigenvalue weighted by Crippen LogP contribution is -2.25. The van der Waals surface area contributed by atoms with E-state index >= 15 is 0 Å². The molecule has 1 aromatic heterocycles. The van der Waals surface area contributed by atoms with Crippen LogP contribution < -0.4 is 10.6 Å². The van der Waals surface area contributed by atoms with Crippen LogP contribution in [0.5, 0.6) is 0 Å². The lowest BCUT2D eigenvalue weighted by Gasteiger charge is -2.08. The molecule has 16 heavy (non-hydrogen) atoms. The summed E-state index contributed by atoms with van der Waals surface area (Å²) in [4.78, 5) is 19.8. The fourth-order valence-electron chi connectivity index (χ4n) is 1.68. The van der Waals surface area contributed by atoms with E-state index in [0.29, 0.717) is 11.7 Å². The Morgan fingerprint density at radius 1 is 1.62 bits per heavy atom. The van der Waals surface area contributed by atoms with Crippen molar-refractivity contribution < 1.29 is 4.79 Å². The molecule has 86 valence electrons. The van der Waals surface area contributed by atoms with Crippen molar-refractivity contribution in [2.75, 3.05) is 18.4 Å². The standard InChI is InChI=1S/C10H13ClN4O/c1-6-4-8(11)14-10(13-6)15-9(16)7-2-3-12-5-7/h4,7,12H,2-3,5H2,1H3,(H,13,14,15,16). The highest BCUT2D eigenvalue weighted by molar-refractivity contribution is 6.29. The molecular formula is C10H13ClN4O. The minimum atomic E-state index is -0.0494. The molecule has 1 unspecified atom stereocenters. The van der Waals surface area contributed by atoms with E-state index in [2.05, 4.69) is 20.6 Å². The maximum absolute atomic E-state index is 11.8. The molecule has 1 aliphatic rings. The van der Waals surface area contributed by atoms with Crippen molar-refractivity contribution in [3.05, 3.63) is 16.9 Å². The fourth-order valence-corrected chi connectivity index (χ4v) is 1.91. The zero-order valence-corrected chi connectivity index (χ0v) is 9.71. The number of carbonyl (C=O) groups is 1. The van der Waals surface area contributed by atoms with Crippen molar-refractivity contribution in [2.45, 2.75) is 13.3 Å². The third kappa shape index (κ3) is 2.68. The molecular weight excluding hydrogens is 228 g/mol. The van der Waals surface area contributed by atoms with Gasteiger partial charge in [0, 0.05) is 12.2 Å². The normalized spacial score (nSPS) is 19.8. The quantitative estimate of drug-likeness (QED) is 0.757. The van der Waals surface area contributed by atoms with Crippen LogP contribution in [0.25, 0.3) is 0 Å². The monoisotopic (exact) mass is 240 g/mol. The first-order valence-electron chi connectivity index (χ1n) is 5.18. The van der Waals surface area contributed by atoms with E-state index in [1.165, 1.54) is 0 Å². The molecule has 0 saturated carbocycles. The van der Waals surface area contributed by atoms with Crippen molar-refractivity contribution in [3.63, 3.8) is 0 Å². The Kier molecular flexibility index (Phi) is 3.36. The number of hydrogen-bond donors (Lipinski definition) is 2. The number of aryl methyl sites for hydroxylation is 1. The highest BCUT2D eigenvalue weighted by Crippen LogP contribution is 2.13. The van der Waals surface area contributed by atoms with E-state index in [1.54, 1.807) is 13.0 Å². The van der Waals surface area contributed by atoms with Crippen LogP contribution in [0.1, 0.15) is 12.1 Å². The van der Waals surface area contributed by atoms with Gasteiger partial charge in [0.25, 0.3) is 0 Å². The Labute approximate surface area is 98.6 Å². The molecule has 5 nitrogen and oxygen atoms in total. The van der Waals surface area contributed by atoms with Gasteiger partial charge in [-0.25, -0.2) is 9.97 Å². The van der Waals surface area contributed by atoms with E-state index in [9.17, 15) is 4.79 Å². The molecule has 1 aromatic rings. The number of nitrogens with zero attached hydrogens (tertiary/aromatic N) is 2. The number of carbonyl (C=O) groups excluding carboxylic acids is 1. The Morgan fingerprint density at radius 3 is 3.06 bits per heavy atom. The highest BCUT2D eigenvalue weighted by atomic mass is 35.5. The SMILES string of the molecule is Cc1cc(Cl)nc(NC(=O)C2CCNC2)n1. The van der Waals surface area contributed by atoms with E-state index < -0.39 is 0 Å². The van der Waals surface area contributed by atoms with Gasteiger partial charge in [-0.2, -0.15) is 0 Å². The summed E-state index contributed by atoms with van der Waals surface area (Å²) in [6.45, 7) is 3.40. The van der Waals surface area contributed by atoms with Crippen LogP contribution in [0.15, 0.2) is 6.07 Å². The number of nitrogens with one attached hydrogen (secondary N) is 2. The number of halogens is 1. The zero-order chi connectivity index (χ0) is 11.5. The molecule has 2 rings (SSSR count). The molecule has 1 atom stereocenters. The Hall–Kier alpha value is -1.20. The Morgan fingerprint density at radius 2 is 2.44 bits per heavy atom. The first-order chi connectivity index (χ1) is 7.65. The smallest absolute Gasteiger partial charge is 0.231 e. The molecule has 0 aliphatic carbocycles. The summed E-state index contributed by atoms with van der Waals surface area (Å²) < 4.78 is 0. The van der Waals surface area contributed by atoms with Gasteiger partial charge in [0.1, 0.15) is 5.15 Å². The van der Waals surface area contributed by atoms with E-state index in [4.69, 9.17) is 11.6 Å². The summed E-state index contributed by atoms with van der Waals surface area (Å²) in [6.07, 6.45) is 0.853. The fraction of sp³-hybridized carbons (Fsp3) is 0.500. The zero-order valence-electron chi connectivity index (χ0n) is 8.96. The lowest BCUT2D eigenvalue weighted by atomic mass is 10.1. The number of rotatable bonds is 2. The largest absolute Gasteiger partial charge is 0.316 e. The van der Waals surface area contributed by atoms with Crippen molar-refractivity contribution in [1.82, 2.24) is 15.3 Å². The van der Waals surface area contributed by atoms with Crippen LogP contribution in [0.2, 0.25) is 5.15 Å². The molecule has 2 heterocycles. The minimum Gasteiger partial charge on any atom is -0.316 e. The number of anilines is 1. The second-order valence-electron chi connectivity index (χ2n) is 3.83. The molecule has 0 aromatic carbocycles. The van der Waals surface area contributed by atoms with Crippen LogP contribution in [0, 0.1) is 12.8 Å². The molecule has 0 radical (unpaired) electrons. The van der Waals surface area contributed by atoms with Crippen LogP contribution in [0.4, 0.5) is 5.95 Å². The number of hydrogen-bond acceptors (Lipinski definition) is 4. The summed E-state index contributed by atoms with van der Waals surface area (Å²) in [5.41, 5.74) is 0.736. The van der Waals surface area contributed by atoms with Crippen LogP contribution >= 0.6 is 11.6 Å². The van der Waals surface area contributed by atoms with Gasteiger partial charge in [-0.05, 0) is 26.0 Å². The highest BCUT2D eigenvalue weighted by Gasteiger charge is 2.23. The summed E-state index contributed by atoms with van der Waals surface area (Å²) in [5, 5.41) is 6.15. The van der Waals surface area contributed by atoms with Crippen LogP contribution in [-0.4, -0.2) is 29.0 Å². The minimum absolute atomic E-state index is 0.00267. The Bertz CT molecular complexity index is 384. The lowest BCUT2D eigenvalue weighted by molar-refractivity contribution is -0.119. The van der Waals surface area contributed by atoms with Crippen LogP contribution in [0.3, 0.4) is 0 Å². The van der Waals surface area contributed by atoms with E-state index in [0.717, 1.165) is 18.7 Å². The second kappa shape index (κ2) is 4.76. The van der Waals surface area contributed by atoms with E-state index in [1.807, 2.05) is 0 Å². The summed E-state index contributed by atoms with van der Waals surface area (Å²) in [5.74, 6) is 0.233. The molecule has 0 bridgehead atoms. The molecule has 1 saturated heterocycles.